The number of carbonyl (C=O) groups excluding carboxylic acids is 2. The summed E-state index contributed by atoms with van der Waals surface area (Å²) in [5.41, 5.74) is 0.454. The Labute approximate surface area is 115 Å². The second-order valence-electron chi connectivity index (χ2n) is 4.12. The lowest BCUT2D eigenvalue weighted by atomic mass is 10.2. The van der Waals surface area contributed by atoms with Crippen LogP contribution in [0, 0.1) is 0 Å². The highest BCUT2D eigenvalue weighted by molar-refractivity contribution is 5.96. The zero-order valence-electron chi connectivity index (χ0n) is 11.2. The minimum Gasteiger partial charge on any atom is -0.482 e. The van der Waals surface area contributed by atoms with Crippen LogP contribution in [0.1, 0.15) is 13.8 Å². The predicted octanol–water partition coefficient (Wildman–Crippen LogP) is 0.613. The summed E-state index contributed by atoms with van der Waals surface area (Å²) in [6, 6.07) is 5.66. The number of ether oxygens (including phenoxy) is 1. The number of hydrogen-bond acceptors (Lipinski definition) is 4. The fourth-order valence-electron chi connectivity index (χ4n) is 1.43. The highest BCUT2D eigenvalue weighted by atomic mass is 16.5. The molecule has 0 aromatic heterocycles. The summed E-state index contributed by atoms with van der Waals surface area (Å²) in [5, 5.41) is 13.6. The summed E-state index contributed by atoms with van der Waals surface area (Å²) in [4.78, 5) is 33.0. The first-order valence-corrected chi connectivity index (χ1v) is 5.91. The van der Waals surface area contributed by atoms with Gasteiger partial charge >= 0.3 is 5.97 Å². The molecule has 0 saturated carbocycles. The molecule has 0 radical (unpaired) electrons. The fourth-order valence-corrected chi connectivity index (χ4v) is 1.43. The topological polar surface area (TPSA) is 105 Å². The van der Waals surface area contributed by atoms with E-state index in [0.29, 0.717) is 11.4 Å². The summed E-state index contributed by atoms with van der Waals surface area (Å²) in [6.45, 7) is 2.42. The number of hydrogen-bond donors (Lipinski definition) is 3. The van der Waals surface area contributed by atoms with E-state index < -0.39 is 18.6 Å². The largest absolute Gasteiger partial charge is 0.482 e. The van der Waals surface area contributed by atoms with Crippen LogP contribution >= 0.6 is 0 Å². The van der Waals surface area contributed by atoms with Gasteiger partial charge in [0.25, 0.3) is 0 Å². The molecule has 0 spiro atoms. The molecule has 3 N–H and O–H groups in total. The smallest absolute Gasteiger partial charge is 0.341 e. The number of anilines is 1. The van der Waals surface area contributed by atoms with Crippen molar-refractivity contribution in [2.75, 3.05) is 11.9 Å². The van der Waals surface area contributed by atoms with Gasteiger partial charge in [-0.3, -0.25) is 9.59 Å². The predicted molar refractivity (Wildman–Crippen MR) is 71.5 cm³/mol. The molecule has 108 valence electrons. The van der Waals surface area contributed by atoms with Crippen LogP contribution in [0.4, 0.5) is 5.69 Å². The Hall–Kier alpha value is -2.57. The van der Waals surface area contributed by atoms with Gasteiger partial charge in [-0.1, -0.05) is 6.07 Å². The molecule has 0 heterocycles. The Kier molecular flexibility index (Phi) is 5.52. The number of aliphatic carboxylic acids is 1. The summed E-state index contributed by atoms with van der Waals surface area (Å²) in [7, 11) is 0. The maximum atomic E-state index is 11.8. The van der Waals surface area contributed by atoms with Crippen LogP contribution in [-0.2, 0) is 14.4 Å². The van der Waals surface area contributed by atoms with Gasteiger partial charge in [-0.15, -0.1) is 0 Å². The monoisotopic (exact) mass is 280 g/mol. The molecule has 0 saturated heterocycles. The van der Waals surface area contributed by atoms with E-state index in [1.54, 1.807) is 25.1 Å². The SMILES string of the molecule is CC(=O)NC(C)C(=O)Nc1cccc(OCC(=O)O)c1. The molecule has 0 bridgehead atoms. The quantitative estimate of drug-likeness (QED) is 0.708. The Bertz CT molecular complexity index is 515. The van der Waals surface area contributed by atoms with Gasteiger partial charge in [0, 0.05) is 18.7 Å². The summed E-state index contributed by atoms with van der Waals surface area (Å²) >= 11 is 0. The molecule has 1 atom stereocenters. The first kappa shape index (κ1) is 15.5. The zero-order chi connectivity index (χ0) is 15.1. The van der Waals surface area contributed by atoms with E-state index in [-0.39, 0.29) is 11.8 Å². The maximum absolute atomic E-state index is 11.8. The Morgan fingerprint density at radius 2 is 2.05 bits per heavy atom. The van der Waals surface area contributed by atoms with Crippen LogP contribution in [0.5, 0.6) is 5.75 Å². The van der Waals surface area contributed by atoms with Crippen molar-refractivity contribution in [2.24, 2.45) is 0 Å². The van der Waals surface area contributed by atoms with Gasteiger partial charge in [0.2, 0.25) is 11.8 Å². The molecule has 0 aliphatic carbocycles. The van der Waals surface area contributed by atoms with Gasteiger partial charge in [-0.05, 0) is 19.1 Å². The van der Waals surface area contributed by atoms with Crippen LogP contribution in [0.25, 0.3) is 0 Å². The van der Waals surface area contributed by atoms with E-state index in [9.17, 15) is 14.4 Å². The maximum Gasteiger partial charge on any atom is 0.341 e. The summed E-state index contributed by atoms with van der Waals surface area (Å²) in [5.74, 6) is -1.43. The van der Waals surface area contributed by atoms with E-state index in [0.717, 1.165) is 0 Å². The van der Waals surface area contributed by atoms with Crippen LogP contribution < -0.4 is 15.4 Å². The molecule has 2 amide bonds. The Morgan fingerprint density at radius 1 is 1.35 bits per heavy atom. The molecule has 7 heteroatoms. The van der Waals surface area contributed by atoms with E-state index in [1.807, 2.05) is 0 Å². The van der Waals surface area contributed by atoms with E-state index in [4.69, 9.17) is 9.84 Å². The number of carboxylic acids is 1. The molecule has 0 aliphatic rings. The molecular formula is C13H16N2O5. The second kappa shape index (κ2) is 7.13. The van der Waals surface area contributed by atoms with Gasteiger partial charge in [-0.25, -0.2) is 4.79 Å². The fraction of sp³-hybridized carbons (Fsp3) is 0.308. The lowest BCUT2D eigenvalue weighted by Gasteiger charge is -2.13. The molecule has 0 fully saturated rings. The molecule has 1 rings (SSSR count). The number of carboxylic acid groups (broad SMARTS) is 1. The minimum absolute atomic E-state index is 0.300. The lowest BCUT2D eigenvalue weighted by molar-refractivity contribution is -0.139. The number of benzene rings is 1. The molecular weight excluding hydrogens is 264 g/mol. The standard InChI is InChI=1S/C13H16N2O5/c1-8(14-9(2)16)13(19)15-10-4-3-5-11(6-10)20-7-12(17)18/h3-6,8H,7H2,1-2H3,(H,14,16)(H,15,19)(H,17,18). The molecule has 1 aromatic carbocycles. The minimum atomic E-state index is -1.08. The van der Waals surface area contributed by atoms with Crippen LogP contribution in [-0.4, -0.2) is 35.5 Å². The van der Waals surface area contributed by atoms with Crippen LogP contribution in [0.15, 0.2) is 24.3 Å². The van der Waals surface area contributed by atoms with Crippen molar-refractivity contribution in [3.63, 3.8) is 0 Å². The van der Waals surface area contributed by atoms with E-state index in [1.165, 1.54) is 13.0 Å². The Morgan fingerprint density at radius 3 is 2.65 bits per heavy atom. The van der Waals surface area contributed by atoms with Gasteiger partial charge < -0.3 is 20.5 Å². The van der Waals surface area contributed by atoms with E-state index >= 15 is 0 Å². The van der Waals surface area contributed by atoms with Gasteiger partial charge in [0.1, 0.15) is 11.8 Å². The molecule has 1 aromatic rings. The summed E-state index contributed by atoms with van der Waals surface area (Å²) < 4.78 is 4.99. The van der Waals surface area contributed by atoms with Crippen molar-refractivity contribution in [2.45, 2.75) is 19.9 Å². The highest BCUT2D eigenvalue weighted by Crippen LogP contribution is 2.17. The number of rotatable bonds is 6. The second-order valence-corrected chi connectivity index (χ2v) is 4.12. The van der Waals surface area contributed by atoms with Crippen LogP contribution in [0.3, 0.4) is 0 Å². The molecule has 1 unspecified atom stereocenters. The molecule has 0 aliphatic heterocycles. The Balaban J connectivity index is 2.63. The average Bonchev–Trinajstić information content (AvgIpc) is 2.36. The van der Waals surface area contributed by atoms with Gasteiger partial charge in [-0.2, -0.15) is 0 Å². The highest BCUT2D eigenvalue weighted by Gasteiger charge is 2.13. The zero-order valence-corrected chi connectivity index (χ0v) is 11.2. The first-order chi connectivity index (χ1) is 9.38. The average molecular weight is 280 g/mol. The van der Waals surface area contributed by atoms with Crippen molar-refractivity contribution >= 4 is 23.5 Å². The normalized spacial score (nSPS) is 11.3. The van der Waals surface area contributed by atoms with Gasteiger partial charge in [0.05, 0.1) is 0 Å². The van der Waals surface area contributed by atoms with E-state index in [2.05, 4.69) is 10.6 Å². The molecule has 20 heavy (non-hydrogen) atoms. The van der Waals surface area contributed by atoms with Crippen LogP contribution in [0.2, 0.25) is 0 Å². The number of nitrogens with one attached hydrogen (secondary N) is 2. The third kappa shape index (κ3) is 5.38. The van der Waals surface area contributed by atoms with Crippen molar-refractivity contribution in [3.05, 3.63) is 24.3 Å². The molecule has 7 nitrogen and oxygen atoms in total. The van der Waals surface area contributed by atoms with Crippen molar-refractivity contribution in [3.8, 4) is 5.75 Å². The van der Waals surface area contributed by atoms with Crippen molar-refractivity contribution in [1.29, 1.82) is 0 Å². The van der Waals surface area contributed by atoms with Crippen molar-refractivity contribution < 1.29 is 24.2 Å². The van der Waals surface area contributed by atoms with Crippen molar-refractivity contribution in [1.82, 2.24) is 5.32 Å². The summed E-state index contributed by atoms with van der Waals surface area (Å²) in [6.07, 6.45) is 0. The lowest BCUT2D eigenvalue weighted by Crippen LogP contribution is -2.40. The number of amides is 2. The van der Waals surface area contributed by atoms with Gasteiger partial charge in [0.15, 0.2) is 6.61 Å². The first-order valence-electron chi connectivity index (χ1n) is 5.91. The number of carbonyl (C=O) groups is 3. The third-order valence-corrected chi connectivity index (χ3v) is 2.28. The third-order valence-electron chi connectivity index (χ3n) is 2.28.